The molecular weight excluding hydrogens is 364 g/mol. The Morgan fingerprint density at radius 1 is 0.926 bits per heavy atom. The monoisotopic (exact) mass is 396 g/mol. The van der Waals surface area contributed by atoms with Gasteiger partial charge in [0.15, 0.2) is 0 Å². The molecule has 0 N–H and O–H groups in total. The topological polar surface area (TPSA) is 63.2 Å². The SMILES string of the molecule is CCOC(=O)C=Cc1ccc(OCCC[Si](OCC)(OCC)OCC)cc1. The quantitative estimate of drug-likeness (QED) is 0.204. The molecule has 1 aromatic carbocycles. The summed E-state index contributed by atoms with van der Waals surface area (Å²) in [5.41, 5.74) is 0.908. The minimum atomic E-state index is -2.60. The van der Waals surface area contributed by atoms with E-state index in [1.807, 2.05) is 45.0 Å². The van der Waals surface area contributed by atoms with Gasteiger partial charge in [0.1, 0.15) is 5.75 Å². The summed E-state index contributed by atoms with van der Waals surface area (Å²) in [5, 5.41) is 0. The number of benzene rings is 1. The fourth-order valence-corrected chi connectivity index (χ4v) is 5.09. The van der Waals surface area contributed by atoms with Gasteiger partial charge in [-0.2, -0.15) is 0 Å². The molecule has 6 nitrogen and oxygen atoms in total. The zero-order valence-electron chi connectivity index (χ0n) is 16.9. The third-order valence-electron chi connectivity index (χ3n) is 3.57. The molecule has 0 amide bonds. The van der Waals surface area contributed by atoms with E-state index in [1.54, 1.807) is 13.0 Å². The van der Waals surface area contributed by atoms with Crippen LogP contribution in [0, 0.1) is 0 Å². The molecule has 0 aliphatic rings. The second kappa shape index (κ2) is 13.5. The second-order valence-corrected chi connectivity index (χ2v) is 8.32. The van der Waals surface area contributed by atoms with Crippen molar-refractivity contribution in [3.05, 3.63) is 35.9 Å². The van der Waals surface area contributed by atoms with Gasteiger partial charge in [-0.25, -0.2) is 4.79 Å². The van der Waals surface area contributed by atoms with Gasteiger partial charge >= 0.3 is 14.8 Å². The first kappa shape index (κ1) is 23.4. The van der Waals surface area contributed by atoms with Gasteiger partial charge in [0.25, 0.3) is 0 Å². The molecule has 0 aromatic heterocycles. The smallest absolute Gasteiger partial charge is 0.494 e. The average Bonchev–Trinajstić information content (AvgIpc) is 2.65. The van der Waals surface area contributed by atoms with Crippen LogP contribution >= 0.6 is 0 Å². The highest BCUT2D eigenvalue weighted by Crippen LogP contribution is 2.19. The molecule has 152 valence electrons. The predicted octanol–water partition coefficient (Wildman–Crippen LogP) is 4.08. The van der Waals surface area contributed by atoms with Crippen molar-refractivity contribution in [1.82, 2.24) is 0 Å². The lowest BCUT2D eigenvalue weighted by atomic mass is 10.2. The molecule has 0 radical (unpaired) electrons. The summed E-state index contributed by atoms with van der Waals surface area (Å²) < 4.78 is 28.2. The summed E-state index contributed by atoms with van der Waals surface area (Å²) in [4.78, 5) is 11.3. The number of hydrogen-bond acceptors (Lipinski definition) is 6. The summed E-state index contributed by atoms with van der Waals surface area (Å²) in [6, 6.07) is 8.27. The van der Waals surface area contributed by atoms with E-state index in [2.05, 4.69) is 0 Å². The van der Waals surface area contributed by atoms with Crippen LogP contribution < -0.4 is 4.74 Å². The molecular formula is C20H32O6Si. The largest absolute Gasteiger partial charge is 0.501 e. The van der Waals surface area contributed by atoms with Crippen LogP contribution in [-0.4, -0.2) is 47.8 Å². The van der Waals surface area contributed by atoms with Gasteiger partial charge in [0.2, 0.25) is 0 Å². The van der Waals surface area contributed by atoms with Crippen LogP contribution in [0.5, 0.6) is 5.75 Å². The van der Waals surface area contributed by atoms with Crippen molar-refractivity contribution >= 4 is 20.8 Å². The molecule has 0 saturated heterocycles. The number of ether oxygens (including phenoxy) is 2. The lowest BCUT2D eigenvalue weighted by Crippen LogP contribution is -2.46. The maximum absolute atomic E-state index is 11.3. The van der Waals surface area contributed by atoms with Crippen LogP contribution in [-0.2, 0) is 22.8 Å². The second-order valence-electron chi connectivity index (χ2n) is 5.59. The van der Waals surface area contributed by atoms with E-state index in [-0.39, 0.29) is 5.97 Å². The zero-order chi connectivity index (χ0) is 20.0. The zero-order valence-corrected chi connectivity index (χ0v) is 17.9. The third-order valence-corrected chi connectivity index (χ3v) is 6.72. The number of rotatable bonds is 14. The average molecular weight is 397 g/mol. The normalized spacial score (nSPS) is 11.7. The summed E-state index contributed by atoms with van der Waals surface area (Å²) >= 11 is 0. The highest BCUT2D eigenvalue weighted by Gasteiger charge is 2.39. The van der Waals surface area contributed by atoms with E-state index in [0.717, 1.165) is 23.8 Å². The van der Waals surface area contributed by atoms with Crippen molar-refractivity contribution in [2.24, 2.45) is 0 Å². The minimum absolute atomic E-state index is 0.344. The van der Waals surface area contributed by atoms with E-state index < -0.39 is 8.80 Å². The molecule has 0 unspecified atom stereocenters. The van der Waals surface area contributed by atoms with E-state index in [9.17, 15) is 4.79 Å². The maximum atomic E-state index is 11.3. The Bertz CT molecular complexity index is 541. The molecule has 0 heterocycles. The Morgan fingerprint density at radius 3 is 2.04 bits per heavy atom. The first-order chi connectivity index (χ1) is 13.1. The molecule has 1 aromatic rings. The van der Waals surface area contributed by atoms with Gasteiger partial charge in [-0.3, -0.25) is 0 Å². The van der Waals surface area contributed by atoms with Crippen LogP contribution in [0.4, 0.5) is 0 Å². The van der Waals surface area contributed by atoms with Gasteiger partial charge in [-0.1, -0.05) is 12.1 Å². The van der Waals surface area contributed by atoms with Crippen LogP contribution in [0.2, 0.25) is 6.04 Å². The Hall–Kier alpha value is -1.67. The van der Waals surface area contributed by atoms with Crippen molar-refractivity contribution in [1.29, 1.82) is 0 Å². The number of esters is 1. The molecule has 1 rings (SSSR count). The number of carbonyl (C=O) groups excluding carboxylic acids is 1. The summed E-state index contributed by atoms with van der Waals surface area (Å²) in [6.45, 7) is 10.3. The van der Waals surface area contributed by atoms with Crippen molar-refractivity contribution in [2.75, 3.05) is 33.0 Å². The molecule has 27 heavy (non-hydrogen) atoms. The molecule has 0 aliphatic heterocycles. The maximum Gasteiger partial charge on any atom is 0.501 e. The van der Waals surface area contributed by atoms with Crippen LogP contribution in [0.1, 0.15) is 39.7 Å². The van der Waals surface area contributed by atoms with Crippen LogP contribution in [0.15, 0.2) is 30.3 Å². The van der Waals surface area contributed by atoms with E-state index in [0.29, 0.717) is 33.0 Å². The fourth-order valence-electron chi connectivity index (χ4n) is 2.51. The summed E-state index contributed by atoms with van der Waals surface area (Å²) in [5.74, 6) is 0.433. The minimum Gasteiger partial charge on any atom is -0.494 e. The van der Waals surface area contributed by atoms with E-state index in [4.69, 9.17) is 22.8 Å². The number of hydrogen-bond donors (Lipinski definition) is 0. The van der Waals surface area contributed by atoms with Crippen molar-refractivity contribution in [3.63, 3.8) is 0 Å². The third kappa shape index (κ3) is 9.19. The molecule has 0 aliphatic carbocycles. The molecule has 0 spiro atoms. The lowest BCUT2D eigenvalue weighted by molar-refractivity contribution is -0.137. The summed E-state index contributed by atoms with van der Waals surface area (Å²) in [6.07, 6.45) is 3.92. The Kier molecular flexibility index (Phi) is 11.7. The van der Waals surface area contributed by atoms with Crippen LogP contribution in [0.25, 0.3) is 6.08 Å². The summed E-state index contributed by atoms with van der Waals surface area (Å²) in [7, 11) is -2.60. The molecule has 0 saturated carbocycles. The Labute approximate surface area is 163 Å². The van der Waals surface area contributed by atoms with Gasteiger partial charge in [0, 0.05) is 31.9 Å². The Morgan fingerprint density at radius 2 is 1.52 bits per heavy atom. The van der Waals surface area contributed by atoms with E-state index in [1.165, 1.54) is 6.08 Å². The lowest BCUT2D eigenvalue weighted by Gasteiger charge is -2.28. The first-order valence-corrected chi connectivity index (χ1v) is 11.5. The highest BCUT2D eigenvalue weighted by atomic mass is 28.4. The molecule has 7 heteroatoms. The van der Waals surface area contributed by atoms with Crippen LogP contribution in [0.3, 0.4) is 0 Å². The van der Waals surface area contributed by atoms with E-state index >= 15 is 0 Å². The molecule has 0 atom stereocenters. The van der Waals surface area contributed by atoms with Gasteiger partial charge in [-0.15, -0.1) is 0 Å². The highest BCUT2D eigenvalue weighted by molar-refractivity contribution is 6.60. The van der Waals surface area contributed by atoms with Gasteiger partial charge in [0.05, 0.1) is 13.2 Å². The molecule has 0 bridgehead atoms. The molecule has 0 fully saturated rings. The standard InChI is InChI=1S/C20H32O6Si/c1-5-22-20(21)15-12-18-10-13-19(14-11-18)23-16-9-17-27(24-6-2,25-7-3)26-8-4/h10-15H,5-9,16-17H2,1-4H3. The van der Waals surface area contributed by atoms with Crippen molar-refractivity contribution in [2.45, 2.75) is 40.2 Å². The van der Waals surface area contributed by atoms with Crippen molar-refractivity contribution < 1.29 is 27.5 Å². The Balaban J connectivity index is 2.47. The van der Waals surface area contributed by atoms with Crippen molar-refractivity contribution in [3.8, 4) is 5.75 Å². The van der Waals surface area contributed by atoms with Gasteiger partial charge in [-0.05, 0) is 57.9 Å². The first-order valence-electron chi connectivity index (χ1n) is 9.58. The van der Waals surface area contributed by atoms with Gasteiger partial charge < -0.3 is 22.8 Å². The number of carbonyl (C=O) groups is 1. The predicted molar refractivity (Wildman–Crippen MR) is 108 cm³/mol. The fraction of sp³-hybridized carbons (Fsp3) is 0.550.